The van der Waals surface area contributed by atoms with Crippen molar-refractivity contribution in [2.75, 3.05) is 11.1 Å². The summed E-state index contributed by atoms with van der Waals surface area (Å²) in [5, 5.41) is 11.3. The Bertz CT molecular complexity index is 1270. The van der Waals surface area contributed by atoms with Gasteiger partial charge in [-0.3, -0.25) is 14.3 Å². The van der Waals surface area contributed by atoms with Gasteiger partial charge in [0.15, 0.2) is 11.0 Å². The number of aromatic nitrogens is 4. The lowest BCUT2D eigenvalue weighted by molar-refractivity contribution is -0.137. The number of carbonyl (C=O) groups excluding carboxylic acids is 1. The Kier molecular flexibility index (Phi) is 6.45. The van der Waals surface area contributed by atoms with E-state index >= 15 is 0 Å². The Labute approximate surface area is 191 Å². The van der Waals surface area contributed by atoms with Gasteiger partial charge in [0.1, 0.15) is 0 Å². The molecule has 0 bridgehead atoms. The molecule has 0 aliphatic rings. The fourth-order valence-corrected chi connectivity index (χ4v) is 3.98. The van der Waals surface area contributed by atoms with Gasteiger partial charge in [-0.2, -0.15) is 13.2 Å². The van der Waals surface area contributed by atoms with Crippen LogP contribution >= 0.6 is 11.8 Å². The fourth-order valence-electron chi connectivity index (χ4n) is 3.24. The number of nitrogens with one attached hydrogen (secondary N) is 1. The molecule has 0 unspecified atom stereocenters. The van der Waals surface area contributed by atoms with Crippen molar-refractivity contribution in [3.05, 3.63) is 84.2 Å². The van der Waals surface area contributed by atoms with Crippen LogP contribution in [-0.2, 0) is 11.0 Å². The molecule has 0 radical (unpaired) electrons. The molecular formula is C23H18F3N5OS. The predicted molar refractivity (Wildman–Crippen MR) is 120 cm³/mol. The number of hydrogen-bond donors (Lipinski definition) is 1. The summed E-state index contributed by atoms with van der Waals surface area (Å²) in [5.74, 6) is -0.162. The summed E-state index contributed by atoms with van der Waals surface area (Å²) in [7, 11) is 0. The monoisotopic (exact) mass is 469 g/mol. The molecule has 168 valence electrons. The molecule has 1 amide bonds. The average molecular weight is 469 g/mol. The van der Waals surface area contributed by atoms with Gasteiger partial charge in [-0.1, -0.05) is 42.1 Å². The van der Waals surface area contributed by atoms with Gasteiger partial charge >= 0.3 is 6.18 Å². The third-order valence-electron chi connectivity index (χ3n) is 4.77. The molecule has 2 aromatic carbocycles. The molecule has 0 atom stereocenters. The van der Waals surface area contributed by atoms with Gasteiger partial charge in [0.05, 0.1) is 22.7 Å². The minimum atomic E-state index is -4.57. The molecule has 0 saturated heterocycles. The number of thioether (sulfide) groups is 1. The number of alkyl halides is 3. The second kappa shape index (κ2) is 9.45. The van der Waals surface area contributed by atoms with Crippen LogP contribution in [0.3, 0.4) is 0 Å². The van der Waals surface area contributed by atoms with Gasteiger partial charge in [0, 0.05) is 18.0 Å². The van der Waals surface area contributed by atoms with Gasteiger partial charge < -0.3 is 5.32 Å². The second-order valence-electron chi connectivity index (χ2n) is 7.04. The maximum atomic E-state index is 13.2. The standard InChI is InChI=1S/C23H18F3N5OS/c1-15-6-2-5-9-19(15)31-21(16-10-12-27-13-11-16)29-30-22(31)33-14-20(32)28-18-8-4-3-7-17(18)23(24,25)26/h2-13H,14H2,1H3,(H,28,32). The second-order valence-corrected chi connectivity index (χ2v) is 7.99. The molecule has 6 nitrogen and oxygen atoms in total. The average Bonchev–Trinajstić information content (AvgIpc) is 3.22. The van der Waals surface area contributed by atoms with E-state index in [9.17, 15) is 18.0 Å². The lowest BCUT2D eigenvalue weighted by atomic mass is 10.1. The summed E-state index contributed by atoms with van der Waals surface area (Å²) in [6, 6.07) is 16.1. The first kappa shape index (κ1) is 22.5. The summed E-state index contributed by atoms with van der Waals surface area (Å²) in [5.41, 5.74) is 1.41. The first-order chi connectivity index (χ1) is 15.8. The first-order valence-corrected chi connectivity index (χ1v) is 10.8. The molecule has 0 spiro atoms. The summed E-state index contributed by atoms with van der Waals surface area (Å²) in [4.78, 5) is 16.5. The number of amides is 1. The molecule has 0 fully saturated rings. The van der Waals surface area contributed by atoms with Crippen LogP contribution in [0.2, 0.25) is 0 Å². The molecule has 33 heavy (non-hydrogen) atoms. The number of para-hydroxylation sites is 2. The van der Waals surface area contributed by atoms with Gasteiger partial charge in [0.2, 0.25) is 5.91 Å². The van der Waals surface area contributed by atoms with Crippen LogP contribution in [0.5, 0.6) is 0 Å². The highest BCUT2D eigenvalue weighted by Gasteiger charge is 2.33. The highest BCUT2D eigenvalue weighted by atomic mass is 32.2. The zero-order valence-electron chi connectivity index (χ0n) is 17.4. The third kappa shape index (κ3) is 5.06. The van der Waals surface area contributed by atoms with Crippen LogP contribution in [0.25, 0.3) is 17.1 Å². The summed E-state index contributed by atoms with van der Waals surface area (Å²) in [6.45, 7) is 1.95. The molecule has 0 aliphatic heterocycles. The fraction of sp³-hybridized carbons (Fsp3) is 0.130. The third-order valence-corrected chi connectivity index (χ3v) is 5.70. The Morgan fingerprint density at radius 1 is 1.00 bits per heavy atom. The highest BCUT2D eigenvalue weighted by Crippen LogP contribution is 2.35. The molecular weight excluding hydrogens is 451 g/mol. The Morgan fingerprint density at radius 2 is 1.70 bits per heavy atom. The number of rotatable bonds is 6. The molecule has 2 heterocycles. The summed E-state index contributed by atoms with van der Waals surface area (Å²) >= 11 is 1.09. The predicted octanol–water partition coefficient (Wildman–Crippen LogP) is 5.39. The minimum absolute atomic E-state index is 0.146. The maximum absolute atomic E-state index is 13.2. The van der Waals surface area contributed by atoms with E-state index in [1.165, 1.54) is 18.2 Å². The minimum Gasteiger partial charge on any atom is -0.325 e. The number of pyridine rings is 1. The van der Waals surface area contributed by atoms with Gasteiger partial charge in [0.25, 0.3) is 0 Å². The largest absolute Gasteiger partial charge is 0.418 e. The van der Waals surface area contributed by atoms with Crippen molar-refractivity contribution in [3.63, 3.8) is 0 Å². The number of halogens is 3. The molecule has 0 aliphatic carbocycles. The summed E-state index contributed by atoms with van der Waals surface area (Å²) < 4.78 is 41.5. The number of nitrogens with zero attached hydrogens (tertiary/aromatic N) is 4. The Hall–Kier alpha value is -3.66. The normalized spacial score (nSPS) is 11.4. The van der Waals surface area contributed by atoms with Gasteiger partial charge in [-0.05, 0) is 42.8 Å². The van der Waals surface area contributed by atoms with E-state index in [0.717, 1.165) is 34.6 Å². The van der Waals surface area contributed by atoms with E-state index in [2.05, 4.69) is 20.5 Å². The lowest BCUT2D eigenvalue weighted by Crippen LogP contribution is -2.18. The Balaban J connectivity index is 1.60. The van der Waals surface area contributed by atoms with Crippen molar-refractivity contribution in [3.8, 4) is 17.1 Å². The van der Waals surface area contributed by atoms with Crippen LogP contribution in [0, 0.1) is 6.92 Å². The van der Waals surface area contributed by atoms with Crippen LogP contribution in [0.15, 0.2) is 78.2 Å². The highest BCUT2D eigenvalue weighted by molar-refractivity contribution is 7.99. The number of benzene rings is 2. The van der Waals surface area contributed by atoms with Crippen molar-refractivity contribution in [1.29, 1.82) is 0 Å². The zero-order valence-corrected chi connectivity index (χ0v) is 18.2. The van der Waals surface area contributed by atoms with E-state index in [1.807, 2.05) is 35.8 Å². The van der Waals surface area contributed by atoms with E-state index < -0.39 is 17.6 Å². The van der Waals surface area contributed by atoms with E-state index in [-0.39, 0.29) is 11.4 Å². The molecule has 1 N–H and O–H groups in total. The number of aryl methyl sites for hydroxylation is 1. The van der Waals surface area contributed by atoms with Gasteiger partial charge in [-0.15, -0.1) is 10.2 Å². The van der Waals surface area contributed by atoms with E-state index in [4.69, 9.17) is 0 Å². The number of carbonyl (C=O) groups is 1. The topological polar surface area (TPSA) is 72.7 Å². The molecule has 0 saturated carbocycles. The zero-order chi connectivity index (χ0) is 23.4. The molecule has 2 aromatic heterocycles. The van der Waals surface area contributed by atoms with Crippen molar-refractivity contribution >= 4 is 23.4 Å². The smallest absolute Gasteiger partial charge is 0.325 e. The van der Waals surface area contributed by atoms with Crippen LogP contribution in [-0.4, -0.2) is 31.4 Å². The van der Waals surface area contributed by atoms with Gasteiger partial charge in [-0.25, -0.2) is 0 Å². The van der Waals surface area contributed by atoms with Crippen molar-refractivity contribution in [1.82, 2.24) is 19.7 Å². The van der Waals surface area contributed by atoms with E-state index in [1.54, 1.807) is 24.5 Å². The number of hydrogen-bond acceptors (Lipinski definition) is 5. The summed E-state index contributed by atoms with van der Waals surface area (Å²) in [6.07, 6.45) is -1.28. The lowest BCUT2D eigenvalue weighted by Gasteiger charge is -2.14. The molecule has 10 heteroatoms. The number of anilines is 1. The SMILES string of the molecule is Cc1ccccc1-n1c(SCC(=O)Nc2ccccc2C(F)(F)F)nnc1-c1ccncc1. The quantitative estimate of drug-likeness (QED) is 0.384. The van der Waals surface area contributed by atoms with Crippen molar-refractivity contribution < 1.29 is 18.0 Å². The van der Waals surface area contributed by atoms with E-state index in [0.29, 0.717) is 11.0 Å². The van der Waals surface area contributed by atoms with Crippen molar-refractivity contribution in [2.45, 2.75) is 18.3 Å². The van der Waals surface area contributed by atoms with Crippen LogP contribution in [0.4, 0.5) is 18.9 Å². The van der Waals surface area contributed by atoms with Crippen LogP contribution < -0.4 is 5.32 Å². The van der Waals surface area contributed by atoms with Crippen LogP contribution in [0.1, 0.15) is 11.1 Å². The maximum Gasteiger partial charge on any atom is 0.418 e. The molecule has 4 aromatic rings. The first-order valence-electron chi connectivity index (χ1n) is 9.85. The Morgan fingerprint density at radius 3 is 2.42 bits per heavy atom. The molecule has 4 rings (SSSR count). The van der Waals surface area contributed by atoms with Crippen molar-refractivity contribution in [2.24, 2.45) is 0 Å².